The lowest BCUT2D eigenvalue weighted by Crippen LogP contribution is -2.02. The molecule has 8 aromatic carbocycles. The van der Waals surface area contributed by atoms with E-state index in [-0.39, 0.29) is 36.3 Å². The molecule has 0 aliphatic heterocycles. The Morgan fingerprint density at radius 1 is 0.411 bits per heavy atom. The van der Waals surface area contributed by atoms with Crippen LogP contribution >= 0.6 is 11.3 Å². The third-order valence-electron chi connectivity index (χ3n) is 10.2. The highest BCUT2D eigenvalue weighted by atomic mass is 32.1. The van der Waals surface area contributed by atoms with Gasteiger partial charge in [0.05, 0.1) is 24.9 Å². The van der Waals surface area contributed by atoms with Crippen LogP contribution < -0.4 is 0 Å². The van der Waals surface area contributed by atoms with E-state index in [1.165, 1.54) is 17.4 Å². The minimum absolute atomic E-state index is 0.0677. The topological polar surface area (TPSA) is 43.6 Å². The average molecular weight is 739 g/mol. The Kier molecular flexibility index (Phi) is 6.29. The van der Waals surface area contributed by atoms with Gasteiger partial charge in [0, 0.05) is 58.8 Å². The lowest BCUT2D eigenvalue weighted by molar-refractivity contribution is 1.07. The van der Waals surface area contributed by atoms with E-state index in [4.69, 9.17) is 21.8 Å². The summed E-state index contributed by atoms with van der Waals surface area (Å²) in [4.78, 5) is 15.2. The van der Waals surface area contributed by atoms with Crippen molar-refractivity contribution in [1.82, 2.24) is 19.5 Å². The van der Waals surface area contributed by atoms with Gasteiger partial charge in [-0.1, -0.05) is 170 Å². The highest BCUT2D eigenvalue weighted by Gasteiger charge is 2.21. The molecule has 0 aliphatic carbocycles. The van der Waals surface area contributed by atoms with Crippen molar-refractivity contribution in [3.05, 3.63) is 194 Å². The monoisotopic (exact) mass is 738 g/mol. The van der Waals surface area contributed by atoms with Gasteiger partial charge in [0.1, 0.15) is 0 Å². The first-order valence-electron chi connectivity index (χ1n) is 21.3. The Balaban J connectivity index is 1.20. The van der Waals surface area contributed by atoms with Crippen molar-refractivity contribution in [2.45, 2.75) is 0 Å². The van der Waals surface area contributed by atoms with Crippen LogP contribution in [-0.2, 0) is 0 Å². The van der Waals surface area contributed by atoms with Crippen LogP contribution in [0.5, 0.6) is 0 Å². The maximum absolute atomic E-state index is 9.49. The van der Waals surface area contributed by atoms with Crippen LogP contribution in [0.15, 0.2) is 194 Å². The number of fused-ring (bicyclic) bond motifs is 6. The van der Waals surface area contributed by atoms with Crippen molar-refractivity contribution >= 4 is 53.3 Å². The molecule has 0 fully saturated rings. The van der Waals surface area contributed by atoms with Crippen LogP contribution in [0, 0.1) is 0 Å². The summed E-state index contributed by atoms with van der Waals surface area (Å²) in [6, 6.07) is 50.9. The Morgan fingerprint density at radius 2 is 0.946 bits per heavy atom. The predicted octanol–water partition coefficient (Wildman–Crippen LogP) is 13.7. The number of thiophene rings is 1. The van der Waals surface area contributed by atoms with Crippen molar-refractivity contribution in [3.63, 3.8) is 0 Å². The summed E-state index contributed by atoms with van der Waals surface area (Å²) >= 11 is 1.23. The fourth-order valence-electron chi connectivity index (χ4n) is 7.60. The van der Waals surface area contributed by atoms with E-state index in [2.05, 4.69) is 53.1 Å². The Hall–Kier alpha value is -7.21. The van der Waals surface area contributed by atoms with E-state index in [1.54, 1.807) is 0 Å². The molecule has 0 saturated heterocycles. The molecule has 262 valence electrons. The van der Waals surface area contributed by atoms with Crippen molar-refractivity contribution in [1.29, 1.82) is 0 Å². The first-order chi connectivity index (χ1) is 30.2. The van der Waals surface area contributed by atoms with E-state index in [0.29, 0.717) is 60.0 Å². The molecule has 0 saturated carbocycles. The SMILES string of the molecule is [2H]c1cc([2H])c2sc3c(-c4ccc(-c5nc(-c6ccccc6)nc(-c6ccc(-c7ccccc7)cc6)n5)cc4-n4c5ccccc5c5ccccc54)c([2H])c([2H])c([2H])c3c2c1[2H]. The van der Waals surface area contributed by atoms with E-state index in [0.717, 1.165) is 44.1 Å². The molecule has 0 radical (unpaired) electrons. The van der Waals surface area contributed by atoms with Crippen LogP contribution in [0.2, 0.25) is 0 Å². The van der Waals surface area contributed by atoms with Gasteiger partial charge in [-0.15, -0.1) is 11.3 Å². The Bertz CT molecular complexity index is 3540. The Labute approximate surface area is 336 Å². The summed E-state index contributed by atoms with van der Waals surface area (Å²) in [6.07, 6.45) is 0. The average Bonchev–Trinajstić information content (AvgIpc) is 3.88. The van der Waals surface area contributed by atoms with Crippen LogP contribution in [0.4, 0.5) is 0 Å². The molecular formula is C51H32N4S. The molecule has 11 rings (SSSR count). The molecule has 4 nitrogen and oxygen atoms in total. The highest BCUT2D eigenvalue weighted by Crippen LogP contribution is 2.44. The van der Waals surface area contributed by atoms with Crippen molar-refractivity contribution in [3.8, 4) is 62.1 Å². The number of rotatable bonds is 6. The quantitative estimate of drug-likeness (QED) is 0.171. The van der Waals surface area contributed by atoms with E-state index >= 15 is 0 Å². The zero-order chi connectivity index (χ0) is 42.2. The predicted molar refractivity (Wildman–Crippen MR) is 234 cm³/mol. The summed E-state index contributed by atoms with van der Waals surface area (Å²) in [7, 11) is 0. The molecule has 0 amide bonds. The molecule has 0 unspecified atom stereocenters. The van der Waals surface area contributed by atoms with Gasteiger partial charge >= 0.3 is 0 Å². The van der Waals surface area contributed by atoms with E-state index in [9.17, 15) is 1.37 Å². The zero-order valence-corrected chi connectivity index (χ0v) is 30.5. The minimum Gasteiger partial charge on any atom is -0.309 e. The third kappa shape index (κ3) is 5.40. The molecule has 5 heteroatoms. The second-order valence-electron chi connectivity index (χ2n) is 13.5. The van der Waals surface area contributed by atoms with E-state index in [1.807, 2.05) is 103 Å². The van der Waals surface area contributed by atoms with Gasteiger partial charge in [0.15, 0.2) is 17.5 Å². The molecular weight excluding hydrogens is 701 g/mol. The van der Waals surface area contributed by atoms with Gasteiger partial charge in [-0.3, -0.25) is 0 Å². The van der Waals surface area contributed by atoms with E-state index < -0.39 is 0 Å². The number of hydrogen-bond acceptors (Lipinski definition) is 4. The maximum Gasteiger partial charge on any atom is 0.164 e. The van der Waals surface area contributed by atoms with Crippen LogP contribution in [0.25, 0.3) is 104 Å². The first kappa shape index (κ1) is 26.5. The molecule has 11 aromatic rings. The summed E-state index contributed by atoms with van der Waals surface area (Å²) in [5, 5.41) is 2.67. The number of hydrogen-bond donors (Lipinski definition) is 0. The Morgan fingerprint density at radius 3 is 1.64 bits per heavy atom. The number of aromatic nitrogens is 4. The lowest BCUT2D eigenvalue weighted by atomic mass is 9.98. The molecule has 0 atom stereocenters. The second kappa shape index (κ2) is 13.3. The van der Waals surface area contributed by atoms with Crippen LogP contribution in [0.1, 0.15) is 8.22 Å². The fourth-order valence-corrected chi connectivity index (χ4v) is 8.70. The largest absolute Gasteiger partial charge is 0.309 e. The number of nitrogens with zero attached hydrogens (tertiary/aromatic N) is 4. The molecule has 0 N–H and O–H groups in total. The van der Waals surface area contributed by atoms with Gasteiger partial charge in [-0.2, -0.15) is 0 Å². The van der Waals surface area contributed by atoms with Crippen molar-refractivity contribution in [2.24, 2.45) is 0 Å². The summed E-state index contributed by atoms with van der Waals surface area (Å²) in [5.41, 5.74) is 8.11. The summed E-state index contributed by atoms with van der Waals surface area (Å²) in [6.45, 7) is 0. The van der Waals surface area contributed by atoms with Gasteiger partial charge < -0.3 is 4.57 Å². The highest BCUT2D eigenvalue weighted by molar-refractivity contribution is 7.26. The van der Waals surface area contributed by atoms with Gasteiger partial charge in [0.2, 0.25) is 0 Å². The smallest absolute Gasteiger partial charge is 0.164 e. The van der Waals surface area contributed by atoms with Crippen LogP contribution in [-0.4, -0.2) is 19.5 Å². The number of benzene rings is 8. The van der Waals surface area contributed by atoms with Crippen LogP contribution in [0.3, 0.4) is 0 Å². The third-order valence-corrected chi connectivity index (χ3v) is 11.4. The molecule has 0 bridgehead atoms. The van der Waals surface area contributed by atoms with Crippen molar-refractivity contribution < 1.29 is 8.22 Å². The van der Waals surface area contributed by atoms with Gasteiger partial charge in [0.25, 0.3) is 0 Å². The number of para-hydroxylation sites is 2. The normalized spacial score (nSPS) is 13.1. The van der Waals surface area contributed by atoms with Gasteiger partial charge in [-0.25, -0.2) is 15.0 Å². The molecule has 3 heterocycles. The fraction of sp³-hybridized carbons (Fsp3) is 0. The standard InChI is InChI=1S/C51H32N4S/c1-3-14-33(15-4-1)34-26-28-36(29-27-34)50-52-49(35-16-5-2-6-17-35)53-51(54-50)37-30-31-40(42-21-13-22-43-41-20-9-12-25-47(41)56-48(42)43)46(32-37)55-44-23-10-7-18-38(44)39-19-8-11-24-45(39)55/h1-32H/i9D,13D,20D,21D,22D,25D. The minimum atomic E-state index is -0.293. The molecule has 0 spiro atoms. The lowest BCUT2D eigenvalue weighted by Gasteiger charge is -2.17. The summed E-state index contributed by atoms with van der Waals surface area (Å²) in [5.74, 6) is 1.46. The van der Waals surface area contributed by atoms with Gasteiger partial charge in [-0.05, 0) is 35.4 Å². The first-order valence-corrected chi connectivity index (χ1v) is 19.1. The zero-order valence-electron chi connectivity index (χ0n) is 35.7. The summed E-state index contributed by atoms with van der Waals surface area (Å²) < 4.78 is 56.9. The molecule has 56 heavy (non-hydrogen) atoms. The molecule has 0 aliphatic rings. The van der Waals surface area contributed by atoms with Crippen molar-refractivity contribution in [2.75, 3.05) is 0 Å². The maximum atomic E-state index is 9.49. The second-order valence-corrected chi connectivity index (χ2v) is 14.6. The molecule has 3 aromatic heterocycles.